The number of hydrogen-bond donors (Lipinski definition) is 1. The van der Waals surface area contributed by atoms with Crippen molar-refractivity contribution in [3.63, 3.8) is 0 Å². The van der Waals surface area contributed by atoms with Crippen LogP contribution in [0, 0.1) is 5.92 Å². The number of hydrogen-bond acceptors (Lipinski definition) is 7. The Morgan fingerprint density at radius 1 is 0.900 bits per heavy atom. The number of carbonyl (C=O) groups is 3. The summed E-state index contributed by atoms with van der Waals surface area (Å²) in [4.78, 5) is 39.7. The van der Waals surface area contributed by atoms with Gasteiger partial charge in [0.2, 0.25) is 5.91 Å². The molecule has 9 nitrogen and oxygen atoms in total. The van der Waals surface area contributed by atoms with Gasteiger partial charge in [0, 0.05) is 0 Å². The standard InChI is InChI=1S/C31H31NO8/c1-19(30(34)35)27-26(20(2)40-31(36)39-18-21-8-6-5-7-9-21)29(33)32(27)28(22-10-14-24(37-3)15-11-22)23-12-16-25(38-4)17-13-23/h5-17,20,26-28H,1,18H2,2-4H3,(H,34,35)/t20?,26-,27-/m1/s1. The van der Waals surface area contributed by atoms with Crippen molar-refractivity contribution in [3.8, 4) is 11.5 Å². The van der Waals surface area contributed by atoms with Crippen LogP contribution in [0.3, 0.4) is 0 Å². The van der Waals surface area contributed by atoms with Crippen molar-refractivity contribution in [2.45, 2.75) is 31.7 Å². The van der Waals surface area contributed by atoms with Gasteiger partial charge in [-0.2, -0.15) is 0 Å². The topological polar surface area (TPSA) is 112 Å². The van der Waals surface area contributed by atoms with Crippen LogP contribution >= 0.6 is 0 Å². The second-order valence-electron chi connectivity index (χ2n) is 9.34. The predicted octanol–water partition coefficient (Wildman–Crippen LogP) is 5.00. The number of carboxylic acid groups (broad SMARTS) is 1. The van der Waals surface area contributed by atoms with Gasteiger partial charge in [0.05, 0.1) is 37.8 Å². The van der Waals surface area contributed by atoms with Crippen LogP contribution in [0.4, 0.5) is 4.79 Å². The monoisotopic (exact) mass is 545 g/mol. The van der Waals surface area contributed by atoms with Gasteiger partial charge < -0.3 is 29.0 Å². The number of methoxy groups -OCH3 is 2. The van der Waals surface area contributed by atoms with Gasteiger partial charge in [-0.3, -0.25) is 4.79 Å². The van der Waals surface area contributed by atoms with Crippen LogP contribution in [0.2, 0.25) is 0 Å². The summed E-state index contributed by atoms with van der Waals surface area (Å²) in [5.41, 5.74) is 2.05. The zero-order chi connectivity index (χ0) is 28.8. The lowest BCUT2D eigenvalue weighted by Crippen LogP contribution is -2.66. The molecule has 1 saturated heterocycles. The van der Waals surface area contributed by atoms with Crippen LogP contribution in [0.15, 0.2) is 91.0 Å². The Hall–Kier alpha value is -4.79. The molecule has 0 aliphatic carbocycles. The summed E-state index contributed by atoms with van der Waals surface area (Å²) < 4.78 is 21.2. The van der Waals surface area contributed by atoms with Crippen LogP contribution < -0.4 is 9.47 Å². The van der Waals surface area contributed by atoms with E-state index in [1.165, 1.54) is 4.90 Å². The Bertz CT molecular complexity index is 1310. The fraction of sp³-hybridized carbons (Fsp3) is 0.258. The van der Waals surface area contributed by atoms with Crippen molar-refractivity contribution < 1.29 is 38.4 Å². The molecular formula is C31H31NO8. The molecule has 1 aliphatic heterocycles. The lowest BCUT2D eigenvalue weighted by atomic mass is 9.76. The van der Waals surface area contributed by atoms with E-state index in [-0.39, 0.29) is 18.1 Å². The summed E-state index contributed by atoms with van der Waals surface area (Å²) >= 11 is 0. The smallest absolute Gasteiger partial charge is 0.497 e. The maximum atomic E-state index is 13.7. The van der Waals surface area contributed by atoms with Gasteiger partial charge in [0.25, 0.3) is 0 Å². The Morgan fingerprint density at radius 2 is 1.43 bits per heavy atom. The third-order valence-corrected chi connectivity index (χ3v) is 6.94. The van der Waals surface area contributed by atoms with E-state index >= 15 is 0 Å². The Kier molecular flexibility index (Phi) is 8.73. The number of likely N-dealkylation sites (tertiary alicyclic amines) is 1. The Labute approximate surface area is 232 Å². The minimum atomic E-state index is -1.26. The molecule has 3 aromatic rings. The maximum absolute atomic E-state index is 13.7. The van der Waals surface area contributed by atoms with E-state index in [2.05, 4.69) is 6.58 Å². The number of aliphatic carboxylic acids is 1. The van der Waals surface area contributed by atoms with E-state index in [1.54, 1.807) is 57.5 Å². The molecule has 0 bridgehead atoms. The Morgan fingerprint density at radius 3 is 1.90 bits per heavy atom. The first-order valence-electron chi connectivity index (χ1n) is 12.6. The number of carbonyl (C=O) groups excluding carboxylic acids is 2. The molecule has 1 unspecified atom stereocenters. The van der Waals surface area contributed by atoms with Crippen LogP contribution in [0.25, 0.3) is 0 Å². The largest absolute Gasteiger partial charge is 0.508 e. The Balaban J connectivity index is 1.62. The van der Waals surface area contributed by atoms with Crippen molar-refractivity contribution in [1.82, 2.24) is 4.90 Å². The van der Waals surface area contributed by atoms with Gasteiger partial charge in [-0.25, -0.2) is 9.59 Å². The molecule has 1 aliphatic rings. The highest BCUT2D eigenvalue weighted by atomic mass is 16.7. The summed E-state index contributed by atoms with van der Waals surface area (Å²) in [7, 11) is 3.11. The molecule has 0 aromatic heterocycles. The van der Waals surface area contributed by atoms with E-state index in [0.29, 0.717) is 11.5 Å². The first-order valence-corrected chi connectivity index (χ1v) is 12.6. The van der Waals surface area contributed by atoms with E-state index in [0.717, 1.165) is 16.7 Å². The highest BCUT2D eigenvalue weighted by Crippen LogP contribution is 2.44. The number of rotatable bonds is 11. The quantitative estimate of drug-likeness (QED) is 0.204. The summed E-state index contributed by atoms with van der Waals surface area (Å²) in [6, 6.07) is 21.8. The average molecular weight is 546 g/mol. The van der Waals surface area contributed by atoms with E-state index in [4.69, 9.17) is 18.9 Å². The van der Waals surface area contributed by atoms with E-state index in [1.807, 2.05) is 42.5 Å². The van der Waals surface area contributed by atoms with Crippen molar-refractivity contribution in [2.75, 3.05) is 14.2 Å². The maximum Gasteiger partial charge on any atom is 0.508 e. The average Bonchev–Trinajstić information content (AvgIpc) is 2.97. The van der Waals surface area contributed by atoms with Gasteiger partial charge in [0.1, 0.15) is 24.2 Å². The molecule has 0 saturated carbocycles. The first-order chi connectivity index (χ1) is 19.2. The molecule has 9 heteroatoms. The normalized spacial score (nSPS) is 17.0. The lowest BCUT2D eigenvalue weighted by Gasteiger charge is -2.52. The van der Waals surface area contributed by atoms with Gasteiger partial charge >= 0.3 is 12.1 Å². The zero-order valence-corrected chi connectivity index (χ0v) is 22.5. The van der Waals surface area contributed by atoms with Crippen molar-refractivity contribution >= 4 is 18.0 Å². The predicted molar refractivity (Wildman–Crippen MR) is 146 cm³/mol. The number of amides is 1. The molecule has 1 heterocycles. The highest BCUT2D eigenvalue weighted by molar-refractivity contribution is 5.96. The third kappa shape index (κ3) is 5.93. The summed E-state index contributed by atoms with van der Waals surface area (Å²) in [6.07, 6.45) is -1.93. The minimum absolute atomic E-state index is 0.000588. The van der Waals surface area contributed by atoms with Crippen LogP contribution in [-0.4, -0.2) is 54.4 Å². The van der Waals surface area contributed by atoms with Crippen LogP contribution in [0.5, 0.6) is 11.5 Å². The van der Waals surface area contributed by atoms with Crippen LogP contribution in [0.1, 0.15) is 29.7 Å². The lowest BCUT2D eigenvalue weighted by molar-refractivity contribution is -0.166. The summed E-state index contributed by atoms with van der Waals surface area (Å²) in [5.74, 6) is -1.34. The van der Waals surface area contributed by atoms with E-state index < -0.39 is 36.2 Å². The number of nitrogens with zero attached hydrogens (tertiary/aromatic N) is 1. The minimum Gasteiger partial charge on any atom is -0.497 e. The third-order valence-electron chi connectivity index (χ3n) is 6.94. The fourth-order valence-electron chi connectivity index (χ4n) is 4.85. The van der Waals surface area contributed by atoms with Gasteiger partial charge in [0.15, 0.2) is 0 Å². The van der Waals surface area contributed by atoms with Crippen molar-refractivity contribution in [2.24, 2.45) is 5.92 Å². The molecular weight excluding hydrogens is 514 g/mol. The molecule has 3 atom stereocenters. The number of β-lactam (4-membered cyclic amide) rings is 1. The molecule has 4 rings (SSSR count). The summed E-state index contributed by atoms with van der Waals surface area (Å²) in [6.45, 7) is 5.31. The van der Waals surface area contributed by atoms with E-state index in [9.17, 15) is 19.5 Å². The van der Waals surface area contributed by atoms with Gasteiger partial charge in [-0.15, -0.1) is 0 Å². The van der Waals surface area contributed by atoms with Crippen LogP contribution in [-0.2, 0) is 25.7 Å². The van der Waals surface area contributed by atoms with Crippen molar-refractivity contribution in [3.05, 3.63) is 108 Å². The molecule has 0 radical (unpaired) electrons. The van der Waals surface area contributed by atoms with Gasteiger partial charge in [-0.1, -0.05) is 61.2 Å². The summed E-state index contributed by atoms with van der Waals surface area (Å²) in [5, 5.41) is 9.87. The molecule has 1 N–H and O–H groups in total. The molecule has 1 amide bonds. The van der Waals surface area contributed by atoms with Gasteiger partial charge in [-0.05, 0) is 47.9 Å². The number of benzene rings is 3. The highest BCUT2D eigenvalue weighted by Gasteiger charge is 2.56. The molecule has 40 heavy (non-hydrogen) atoms. The number of carboxylic acids is 1. The van der Waals surface area contributed by atoms with Crippen molar-refractivity contribution in [1.29, 1.82) is 0 Å². The second-order valence-corrected chi connectivity index (χ2v) is 9.34. The molecule has 0 spiro atoms. The molecule has 208 valence electrons. The first kappa shape index (κ1) is 28.2. The fourth-order valence-corrected chi connectivity index (χ4v) is 4.85. The zero-order valence-electron chi connectivity index (χ0n) is 22.5. The molecule has 1 fully saturated rings. The number of ether oxygens (including phenoxy) is 4. The SMILES string of the molecule is C=C(C(=O)O)[C@@H]1[C@@H](C(C)OC(=O)OCc2ccccc2)C(=O)N1C(c1ccc(OC)cc1)c1ccc(OC)cc1. The molecule has 3 aromatic carbocycles. The second kappa shape index (κ2) is 12.4.